The van der Waals surface area contributed by atoms with Crippen molar-refractivity contribution in [3.63, 3.8) is 0 Å². The number of anilines is 1. The minimum absolute atomic E-state index is 0. The number of hydrogen-bond acceptors (Lipinski definition) is 3. The Hall–Kier alpha value is -1.14. The van der Waals surface area contributed by atoms with E-state index in [1.165, 1.54) is 12.1 Å². The van der Waals surface area contributed by atoms with Crippen LogP contribution < -0.4 is 15.0 Å². The topological polar surface area (TPSA) is 24.5 Å². The van der Waals surface area contributed by atoms with Crippen LogP contribution in [-0.4, -0.2) is 32.5 Å². The van der Waals surface area contributed by atoms with Crippen molar-refractivity contribution < 1.29 is 17.9 Å². The zero-order valence-corrected chi connectivity index (χ0v) is 10.4. The summed E-state index contributed by atoms with van der Waals surface area (Å²) in [5, 5.41) is 3.21. The van der Waals surface area contributed by atoms with Crippen LogP contribution in [0.2, 0.25) is 0 Å². The van der Waals surface area contributed by atoms with Crippen LogP contribution in [0.1, 0.15) is 0 Å². The van der Waals surface area contributed by atoms with Gasteiger partial charge in [-0.05, 0) is 24.3 Å². The van der Waals surface area contributed by atoms with Crippen molar-refractivity contribution in [1.82, 2.24) is 5.32 Å². The maximum absolute atomic E-state index is 12.0. The Morgan fingerprint density at radius 3 is 2.11 bits per heavy atom. The fourth-order valence-electron chi connectivity index (χ4n) is 1.78. The Kier molecular flexibility index (Phi) is 5.10. The Labute approximate surface area is 109 Å². The van der Waals surface area contributed by atoms with Crippen LogP contribution in [0.3, 0.4) is 0 Å². The Balaban J connectivity index is 0.00000162. The molecule has 1 heterocycles. The van der Waals surface area contributed by atoms with E-state index in [-0.39, 0.29) is 18.2 Å². The van der Waals surface area contributed by atoms with Crippen LogP contribution in [0.15, 0.2) is 24.3 Å². The maximum atomic E-state index is 12.0. The van der Waals surface area contributed by atoms with Gasteiger partial charge in [-0.3, -0.25) is 0 Å². The minimum atomic E-state index is -4.63. The molecule has 0 aromatic heterocycles. The molecule has 102 valence electrons. The van der Waals surface area contributed by atoms with Gasteiger partial charge in [0.2, 0.25) is 0 Å². The van der Waals surface area contributed by atoms with E-state index in [1.807, 2.05) is 0 Å². The molecule has 18 heavy (non-hydrogen) atoms. The first-order valence-corrected chi connectivity index (χ1v) is 5.36. The van der Waals surface area contributed by atoms with E-state index in [1.54, 1.807) is 12.1 Å². The van der Waals surface area contributed by atoms with Gasteiger partial charge in [0.1, 0.15) is 5.75 Å². The molecule has 0 aliphatic carbocycles. The first-order valence-electron chi connectivity index (χ1n) is 5.36. The SMILES string of the molecule is Cl.FC(F)(F)Oc1ccc(N2CCNCC2)cc1. The zero-order valence-electron chi connectivity index (χ0n) is 9.54. The second-order valence-corrected chi connectivity index (χ2v) is 3.78. The lowest BCUT2D eigenvalue weighted by molar-refractivity contribution is -0.274. The van der Waals surface area contributed by atoms with Gasteiger partial charge in [-0.2, -0.15) is 0 Å². The highest BCUT2D eigenvalue weighted by Gasteiger charge is 2.31. The highest BCUT2D eigenvalue weighted by molar-refractivity contribution is 5.85. The van der Waals surface area contributed by atoms with Crippen LogP contribution in [0.4, 0.5) is 18.9 Å². The van der Waals surface area contributed by atoms with E-state index in [2.05, 4.69) is 15.0 Å². The smallest absolute Gasteiger partial charge is 0.406 e. The van der Waals surface area contributed by atoms with Crippen molar-refractivity contribution in [2.75, 3.05) is 31.1 Å². The Morgan fingerprint density at radius 1 is 1.06 bits per heavy atom. The predicted octanol–water partition coefficient (Wildman–Crippen LogP) is 2.42. The number of nitrogens with zero attached hydrogens (tertiary/aromatic N) is 1. The molecule has 0 unspecified atom stereocenters. The highest BCUT2D eigenvalue weighted by Crippen LogP contribution is 2.25. The normalized spacial score (nSPS) is 16.1. The van der Waals surface area contributed by atoms with Gasteiger partial charge in [-0.15, -0.1) is 25.6 Å². The van der Waals surface area contributed by atoms with Gasteiger partial charge >= 0.3 is 6.36 Å². The summed E-state index contributed by atoms with van der Waals surface area (Å²) in [7, 11) is 0. The van der Waals surface area contributed by atoms with E-state index in [4.69, 9.17) is 0 Å². The minimum Gasteiger partial charge on any atom is -0.406 e. The fraction of sp³-hybridized carbons (Fsp3) is 0.455. The fourth-order valence-corrected chi connectivity index (χ4v) is 1.78. The lowest BCUT2D eigenvalue weighted by Crippen LogP contribution is -2.43. The van der Waals surface area contributed by atoms with Crippen molar-refractivity contribution in [3.8, 4) is 5.75 Å². The molecule has 2 rings (SSSR count). The summed E-state index contributed by atoms with van der Waals surface area (Å²) in [4.78, 5) is 2.12. The molecule has 0 atom stereocenters. The number of nitrogens with one attached hydrogen (secondary N) is 1. The van der Waals surface area contributed by atoms with Crippen molar-refractivity contribution in [2.45, 2.75) is 6.36 Å². The van der Waals surface area contributed by atoms with Gasteiger partial charge in [0, 0.05) is 31.9 Å². The molecule has 0 spiro atoms. The van der Waals surface area contributed by atoms with Gasteiger partial charge in [-0.1, -0.05) is 0 Å². The van der Waals surface area contributed by atoms with Gasteiger partial charge in [0.05, 0.1) is 0 Å². The second-order valence-electron chi connectivity index (χ2n) is 3.78. The van der Waals surface area contributed by atoms with Gasteiger partial charge in [0.15, 0.2) is 0 Å². The number of hydrogen-bond donors (Lipinski definition) is 1. The number of alkyl halides is 3. The van der Waals surface area contributed by atoms with Crippen LogP contribution in [-0.2, 0) is 0 Å². The molecule has 7 heteroatoms. The maximum Gasteiger partial charge on any atom is 0.573 e. The summed E-state index contributed by atoms with van der Waals surface area (Å²) in [5.41, 5.74) is 0.918. The molecular formula is C11H14ClF3N2O. The molecule has 0 bridgehead atoms. The first-order chi connectivity index (χ1) is 8.04. The zero-order chi connectivity index (χ0) is 12.3. The molecule has 1 N–H and O–H groups in total. The number of rotatable bonds is 2. The van der Waals surface area contributed by atoms with Crippen molar-refractivity contribution in [2.24, 2.45) is 0 Å². The van der Waals surface area contributed by atoms with Crippen molar-refractivity contribution in [3.05, 3.63) is 24.3 Å². The third kappa shape index (κ3) is 4.27. The summed E-state index contributed by atoms with van der Waals surface area (Å²) < 4.78 is 39.7. The number of piperazine rings is 1. The molecule has 1 fully saturated rings. The monoisotopic (exact) mass is 282 g/mol. The van der Waals surface area contributed by atoms with Crippen LogP contribution >= 0.6 is 12.4 Å². The average molecular weight is 283 g/mol. The second kappa shape index (κ2) is 6.15. The van der Waals surface area contributed by atoms with E-state index >= 15 is 0 Å². The summed E-state index contributed by atoms with van der Waals surface area (Å²) in [6, 6.07) is 5.97. The average Bonchev–Trinajstić information content (AvgIpc) is 2.29. The van der Waals surface area contributed by atoms with E-state index in [9.17, 15) is 13.2 Å². The molecule has 1 aromatic carbocycles. The third-order valence-electron chi connectivity index (χ3n) is 2.55. The van der Waals surface area contributed by atoms with E-state index in [0.29, 0.717) is 0 Å². The molecule has 0 radical (unpaired) electrons. The summed E-state index contributed by atoms with van der Waals surface area (Å²) in [5.74, 6) is -0.184. The predicted molar refractivity (Wildman–Crippen MR) is 65.5 cm³/mol. The highest BCUT2D eigenvalue weighted by atomic mass is 35.5. The van der Waals surface area contributed by atoms with Crippen LogP contribution in [0, 0.1) is 0 Å². The molecule has 0 amide bonds. The molecule has 3 nitrogen and oxygen atoms in total. The molecule has 1 aliphatic rings. The number of halogens is 4. The lowest BCUT2D eigenvalue weighted by Gasteiger charge is -2.29. The summed E-state index contributed by atoms with van der Waals surface area (Å²) in [6.07, 6.45) is -4.63. The van der Waals surface area contributed by atoms with E-state index < -0.39 is 6.36 Å². The molecule has 1 aliphatic heterocycles. The lowest BCUT2D eigenvalue weighted by atomic mass is 10.2. The number of ether oxygens (including phenoxy) is 1. The standard InChI is InChI=1S/C11H13F3N2O.ClH/c12-11(13,14)17-10-3-1-9(2-4-10)16-7-5-15-6-8-16;/h1-4,15H,5-8H2;1H. The molecule has 1 saturated heterocycles. The van der Waals surface area contributed by atoms with Crippen molar-refractivity contribution >= 4 is 18.1 Å². The summed E-state index contributed by atoms with van der Waals surface area (Å²) in [6.45, 7) is 3.50. The summed E-state index contributed by atoms with van der Waals surface area (Å²) >= 11 is 0. The molecule has 1 aromatic rings. The van der Waals surface area contributed by atoms with Gasteiger partial charge < -0.3 is 15.0 Å². The quantitative estimate of drug-likeness (QED) is 0.902. The van der Waals surface area contributed by atoms with Crippen molar-refractivity contribution in [1.29, 1.82) is 0 Å². The molecule has 0 saturated carbocycles. The third-order valence-corrected chi connectivity index (χ3v) is 2.55. The van der Waals surface area contributed by atoms with E-state index in [0.717, 1.165) is 31.9 Å². The van der Waals surface area contributed by atoms with Gasteiger partial charge in [0.25, 0.3) is 0 Å². The van der Waals surface area contributed by atoms with Crippen LogP contribution in [0.25, 0.3) is 0 Å². The largest absolute Gasteiger partial charge is 0.573 e. The molecular weight excluding hydrogens is 269 g/mol. The Bertz CT molecular complexity index is 364. The Morgan fingerprint density at radius 2 is 1.61 bits per heavy atom. The van der Waals surface area contributed by atoms with Gasteiger partial charge in [-0.25, -0.2) is 0 Å². The van der Waals surface area contributed by atoms with Crippen LogP contribution in [0.5, 0.6) is 5.75 Å². The first kappa shape index (κ1) is 14.9. The number of benzene rings is 1.